The zero-order chi connectivity index (χ0) is 19.6. The zero-order valence-corrected chi connectivity index (χ0v) is 15.2. The summed E-state index contributed by atoms with van der Waals surface area (Å²) in [4.78, 5) is 44.7. The fourth-order valence-corrected chi connectivity index (χ4v) is 2.55. The number of nitrogens with one attached hydrogen (secondary N) is 1. The second-order valence-corrected chi connectivity index (χ2v) is 6.65. The third-order valence-electron chi connectivity index (χ3n) is 4.57. The number of nitrogens with zero attached hydrogens (tertiary/aromatic N) is 2. The van der Waals surface area contributed by atoms with Gasteiger partial charge in [0.15, 0.2) is 12.1 Å². The third kappa shape index (κ3) is 3.51. The first kappa shape index (κ1) is 18.5. The largest absolute Gasteiger partial charge is 0.466 e. The van der Waals surface area contributed by atoms with Gasteiger partial charge in [0.05, 0.1) is 11.8 Å². The monoisotopic (exact) mass is 369 g/mol. The van der Waals surface area contributed by atoms with Gasteiger partial charge < -0.3 is 14.5 Å². The minimum atomic E-state index is -0.963. The van der Waals surface area contributed by atoms with E-state index in [0.29, 0.717) is 12.0 Å². The molecule has 0 aliphatic carbocycles. The summed E-state index contributed by atoms with van der Waals surface area (Å²) in [7, 11) is 0. The van der Waals surface area contributed by atoms with Gasteiger partial charge in [-0.25, -0.2) is 9.79 Å². The van der Waals surface area contributed by atoms with Crippen LogP contribution in [0.4, 0.5) is 0 Å². The second-order valence-electron chi connectivity index (χ2n) is 6.65. The smallest absolute Gasteiger partial charge is 0.340 e. The van der Waals surface area contributed by atoms with Gasteiger partial charge in [-0.3, -0.25) is 14.6 Å². The fourth-order valence-electron chi connectivity index (χ4n) is 2.55. The number of amides is 1. The Morgan fingerprint density at radius 2 is 2.22 bits per heavy atom. The highest BCUT2D eigenvalue weighted by atomic mass is 16.5. The van der Waals surface area contributed by atoms with Gasteiger partial charge in [-0.1, -0.05) is 13.8 Å². The highest BCUT2D eigenvalue weighted by Crippen LogP contribution is 2.27. The van der Waals surface area contributed by atoms with Crippen LogP contribution in [0, 0.1) is 5.92 Å². The standard InChI is InChI=1S/C19H19N3O5/c1-11(2)19(3)18(25)21-16(22-19)15-14(7-12(9-23)8-20-15)17(24)27-10-13-5-4-6-26-13/h4-9,11H,10H2,1-3H3,(H,21,22,25). The molecule has 0 saturated carbocycles. The van der Waals surface area contributed by atoms with Crippen LogP contribution >= 0.6 is 0 Å². The lowest BCUT2D eigenvalue weighted by Gasteiger charge is -2.21. The lowest BCUT2D eigenvalue weighted by molar-refractivity contribution is -0.124. The molecule has 1 aliphatic heterocycles. The van der Waals surface area contributed by atoms with Gasteiger partial charge in [0, 0.05) is 11.8 Å². The number of aldehydes is 1. The van der Waals surface area contributed by atoms with E-state index < -0.39 is 11.5 Å². The summed E-state index contributed by atoms with van der Waals surface area (Å²) < 4.78 is 10.4. The number of pyridine rings is 1. The molecule has 3 heterocycles. The summed E-state index contributed by atoms with van der Waals surface area (Å²) in [5.41, 5.74) is -0.559. The number of hydrogen-bond acceptors (Lipinski definition) is 7. The van der Waals surface area contributed by atoms with Gasteiger partial charge in [0.1, 0.15) is 23.6 Å². The molecule has 0 fully saturated rings. The molecule has 1 aliphatic rings. The summed E-state index contributed by atoms with van der Waals surface area (Å²) in [6.45, 7) is 5.41. The summed E-state index contributed by atoms with van der Waals surface area (Å²) in [5, 5.41) is 2.68. The van der Waals surface area contributed by atoms with Crippen LogP contribution in [0.25, 0.3) is 0 Å². The van der Waals surface area contributed by atoms with Crippen molar-refractivity contribution in [1.29, 1.82) is 0 Å². The number of rotatable bonds is 6. The Balaban J connectivity index is 1.95. The third-order valence-corrected chi connectivity index (χ3v) is 4.57. The Bertz CT molecular complexity index is 917. The van der Waals surface area contributed by atoms with Crippen LogP contribution in [0.2, 0.25) is 0 Å². The van der Waals surface area contributed by atoms with Crippen LogP contribution in [-0.2, 0) is 16.1 Å². The minimum absolute atomic E-state index is 0.0400. The molecule has 3 rings (SSSR count). The molecule has 0 spiro atoms. The predicted molar refractivity (Wildman–Crippen MR) is 95.4 cm³/mol. The second kappa shape index (κ2) is 7.14. The number of hydrogen-bond donors (Lipinski definition) is 1. The predicted octanol–water partition coefficient (Wildman–Crippen LogP) is 2.14. The van der Waals surface area contributed by atoms with Gasteiger partial charge in [-0.2, -0.15) is 0 Å². The van der Waals surface area contributed by atoms with Crippen LogP contribution < -0.4 is 5.32 Å². The van der Waals surface area contributed by atoms with Crippen molar-refractivity contribution in [1.82, 2.24) is 10.3 Å². The van der Waals surface area contributed by atoms with E-state index in [1.54, 1.807) is 19.1 Å². The minimum Gasteiger partial charge on any atom is -0.466 e. The summed E-state index contributed by atoms with van der Waals surface area (Å²) in [6.07, 6.45) is 3.36. The summed E-state index contributed by atoms with van der Waals surface area (Å²) in [6, 6.07) is 4.71. The van der Waals surface area contributed by atoms with Crippen molar-refractivity contribution >= 4 is 24.0 Å². The van der Waals surface area contributed by atoms with Crippen molar-refractivity contribution in [3.63, 3.8) is 0 Å². The number of furan rings is 1. The maximum absolute atomic E-state index is 12.6. The van der Waals surface area contributed by atoms with Crippen LogP contribution in [0.1, 0.15) is 52.9 Å². The Kier molecular flexibility index (Phi) is 4.89. The first-order valence-electron chi connectivity index (χ1n) is 8.41. The quantitative estimate of drug-likeness (QED) is 0.617. The highest BCUT2D eigenvalue weighted by molar-refractivity contribution is 6.17. The Labute approximate surface area is 155 Å². The average molecular weight is 369 g/mol. The van der Waals surface area contributed by atoms with E-state index in [9.17, 15) is 14.4 Å². The number of amidine groups is 1. The Morgan fingerprint density at radius 1 is 1.44 bits per heavy atom. The van der Waals surface area contributed by atoms with Gasteiger partial charge >= 0.3 is 5.97 Å². The first-order valence-corrected chi connectivity index (χ1v) is 8.41. The van der Waals surface area contributed by atoms with E-state index in [1.165, 1.54) is 18.5 Å². The molecule has 2 aromatic heterocycles. The molecule has 2 aromatic rings. The van der Waals surface area contributed by atoms with E-state index in [0.717, 1.165) is 0 Å². The number of esters is 1. The van der Waals surface area contributed by atoms with Gasteiger partial charge in [-0.05, 0) is 31.0 Å². The lowest BCUT2D eigenvalue weighted by Crippen LogP contribution is -2.41. The van der Waals surface area contributed by atoms with Crippen LogP contribution in [-0.4, -0.2) is 34.5 Å². The lowest BCUT2D eigenvalue weighted by atomic mass is 9.89. The topological polar surface area (TPSA) is 111 Å². The van der Waals surface area contributed by atoms with Crippen molar-refractivity contribution in [2.24, 2.45) is 10.9 Å². The molecule has 0 saturated heterocycles. The van der Waals surface area contributed by atoms with Crippen molar-refractivity contribution < 1.29 is 23.5 Å². The number of ether oxygens (including phenoxy) is 1. The van der Waals surface area contributed by atoms with Crippen molar-refractivity contribution in [2.75, 3.05) is 0 Å². The molecule has 1 amide bonds. The molecule has 8 nitrogen and oxygen atoms in total. The van der Waals surface area contributed by atoms with Crippen molar-refractivity contribution in [3.8, 4) is 0 Å². The van der Waals surface area contributed by atoms with E-state index >= 15 is 0 Å². The van der Waals surface area contributed by atoms with Crippen LogP contribution in [0.3, 0.4) is 0 Å². The molecule has 1 unspecified atom stereocenters. The molecule has 0 bridgehead atoms. The van der Waals surface area contributed by atoms with Gasteiger partial charge in [0.2, 0.25) is 0 Å². The Hall–Kier alpha value is -3.29. The van der Waals surface area contributed by atoms with Crippen LogP contribution in [0.5, 0.6) is 0 Å². The van der Waals surface area contributed by atoms with Crippen molar-refractivity contribution in [2.45, 2.75) is 32.9 Å². The number of carbonyl (C=O) groups is 3. The number of aliphatic imine (C=N–C) groups is 1. The van der Waals surface area contributed by atoms with Gasteiger partial charge in [0.25, 0.3) is 5.91 Å². The summed E-state index contributed by atoms with van der Waals surface area (Å²) >= 11 is 0. The van der Waals surface area contributed by atoms with Gasteiger partial charge in [-0.15, -0.1) is 0 Å². The normalized spacial score (nSPS) is 19.0. The molecular formula is C19H19N3O5. The van der Waals surface area contributed by atoms with E-state index in [-0.39, 0.29) is 41.1 Å². The number of carbonyl (C=O) groups excluding carboxylic acids is 3. The molecule has 1 atom stereocenters. The molecule has 0 radical (unpaired) electrons. The molecule has 27 heavy (non-hydrogen) atoms. The molecule has 1 N–H and O–H groups in total. The van der Waals surface area contributed by atoms with Crippen molar-refractivity contribution in [3.05, 3.63) is 53.2 Å². The average Bonchev–Trinajstić information content (AvgIpc) is 3.28. The molecule has 0 aromatic carbocycles. The van der Waals surface area contributed by atoms with E-state index in [4.69, 9.17) is 9.15 Å². The maximum atomic E-state index is 12.6. The first-order chi connectivity index (χ1) is 12.8. The highest BCUT2D eigenvalue weighted by Gasteiger charge is 2.43. The zero-order valence-electron chi connectivity index (χ0n) is 15.2. The summed E-state index contributed by atoms with van der Waals surface area (Å²) in [5.74, 6) is -0.378. The molecule has 8 heteroatoms. The SMILES string of the molecule is CC(C)C1(C)N=C(c2ncc(C=O)cc2C(=O)OCc2ccco2)NC1=O. The fraction of sp³-hybridized carbons (Fsp3) is 0.316. The van der Waals surface area contributed by atoms with E-state index in [1.807, 2.05) is 13.8 Å². The number of aromatic nitrogens is 1. The molecular weight excluding hydrogens is 350 g/mol. The maximum Gasteiger partial charge on any atom is 0.340 e. The molecule has 140 valence electrons. The van der Waals surface area contributed by atoms with E-state index in [2.05, 4.69) is 15.3 Å². The van der Waals surface area contributed by atoms with Crippen LogP contribution in [0.15, 0.2) is 40.1 Å². The Morgan fingerprint density at radius 3 is 2.81 bits per heavy atom.